The molecule has 164 valence electrons. The van der Waals surface area contributed by atoms with Crippen LogP contribution in [0, 0.1) is 18.6 Å². The summed E-state index contributed by atoms with van der Waals surface area (Å²) in [4.78, 5) is 16.9. The first kappa shape index (κ1) is 23.2. The van der Waals surface area contributed by atoms with E-state index >= 15 is 0 Å². The van der Waals surface area contributed by atoms with Crippen LogP contribution in [0.25, 0.3) is 5.69 Å². The van der Waals surface area contributed by atoms with Crippen LogP contribution in [0.2, 0.25) is 5.02 Å². The predicted molar refractivity (Wildman–Crippen MR) is 115 cm³/mol. The number of rotatable bonds is 6. The van der Waals surface area contributed by atoms with Crippen LogP contribution in [0.4, 0.5) is 8.78 Å². The van der Waals surface area contributed by atoms with Crippen molar-refractivity contribution in [2.45, 2.75) is 35.8 Å². The van der Waals surface area contributed by atoms with Gasteiger partial charge in [0.25, 0.3) is 15.9 Å². The summed E-state index contributed by atoms with van der Waals surface area (Å²) in [5.41, 5.74) is -0.137. The molecular formula is C20H18ClF2N3O3S2. The minimum atomic E-state index is -4.32. The standard InChI is InChI=1S/C20H18ClF2N3O3S2/c1-11(2)30-18-6-4-5-16(21)19(18)31(28,29)25-20(27)17-10-26(12(3)24-17)15-8-13(22)7-14(23)9-15/h4-11H,1-3H3,(H,25,27). The number of carbonyl (C=O) groups excluding carboxylic acids is 1. The largest absolute Gasteiger partial charge is 0.303 e. The zero-order valence-electron chi connectivity index (χ0n) is 16.7. The maximum absolute atomic E-state index is 13.5. The summed E-state index contributed by atoms with van der Waals surface area (Å²) in [6, 6.07) is 7.49. The highest BCUT2D eigenvalue weighted by Crippen LogP contribution is 2.34. The normalized spacial score (nSPS) is 11.7. The molecule has 6 nitrogen and oxygen atoms in total. The molecule has 0 saturated carbocycles. The van der Waals surface area contributed by atoms with E-state index < -0.39 is 27.6 Å². The molecule has 31 heavy (non-hydrogen) atoms. The highest BCUT2D eigenvalue weighted by Gasteiger charge is 2.27. The van der Waals surface area contributed by atoms with E-state index in [0.29, 0.717) is 11.0 Å². The third kappa shape index (κ3) is 5.25. The number of sulfonamides is 1. The Morgan fingerprint density at radius 1 is 1.19 bits per heavy atom. The van der Waals surface area contributed by atoms with Crippen LogP contribution >= 0.6 is 23.4 Å². The lowest BCUT2D eigenvalue weighted by Gasteiger charge is -2.13. The van der Waals surface area contributed by atoms with Crippen molar-refractivity contribution in [3.63, 3.8) is 0 Å². The maximum Gasteiger partial charge on any atom is 0.285 e. The molecule has 2 aromatic carbocycles. The molecule has 0 spiro atoms. The monoisotopic (exact) mass is 485 g/mol. The van der Waals surface area contributed by atoms with Gasteiger partial charge in [-0.3, -0.25) is 4.79 Å². The summed E-state index contributed by atoms with van der Waals surface area (Å²) in [6.45, 7) is 5.30. The van der Waals surface area contributed by atoms with Crippen molar-refractivity contribution in [1.82, 2.24) is 14.3 Å². The lowest BCUT2D eigenvalue weighted by atomic mass is 10.3. The number of aryl methyl sites for hydroxylation is 1. The molecule has 3 aromatic rings. The fraction of sp³-hybridized carbons (Fsp3) is 0.200. The zero-order chi connectivity index (χ0) is 22.9. The number of nitrogens with one attached hydrogen (secondary N) is 1. The van der Waals surface area contributed by atoms with Gasteiger partial charge < -0.3 is 4.57 Å². The van der Waals surface area contributed by atoms with E-state index in [9.17, 15) is 22.0 Å². The quantitative estimate of drug-likeness (QED) is 0.510. The van der Waals surface area contributed by atoms with Gasteiger partial charge >= 0.3 is 0 Å². The summed E-state index contributed by atoms with van der Waals surface area (Å²) in [6.07, 6.45) is 1.20. The number of thioether (sulfide) groups is 1. The molecule has 1 aromatic heterocycles. The molecule has 11 heteroatoms. The molecule has 0 fully saturated rings. The topological polar surface area (TPSA) is 81.1 Å². The molecular weight excluding hydrogens is 468 g/mol. The van der Waals surface area contributed by atoms with Crippen LogP contribution in [0.15, 0.2) is 52.4 Å². The Labute approximate surface area is 187 Å². The Hall–Kier alpha value is -2.43. The van der Waals surface area contributed by atoms with E-state index in [1.54, 1.807) is 12.1 Å². The summed E-state index contributed by atoms with van der Waals surface area (Å²) in [5.74, 6) is -2.36. The zero-order valence-corrected chi connectivity index (χ0v) is 19.1. The number of hydrogen-bond donors (Lipinski definition) is 1. The van der Waals surface area contributed by atoms with Gasteiger partial charge in [-0.25, -0.2) is 26.9 Å². The molecule has 1 amide bonds. The van der Waals surface area contributed by atoms with Crippen molar-refractivity contribution >= 4 is 39.3 Å². The minimum Gasteiger partial charge on any atom is -0.303 e. The highest BCUT2D eigenvalue weighted by molar-refractivity contribution is 8.00. The molecule has 1 heterocycles. The molecule has 0 radical (unpaired) electrons. The number of carbonyl (C=O) groups is 1. The van der Waals surface area contributed by atoms with E-state index in [1.807, 2.05) is 18.6 Å². The SMILES string of the molecule is Cc1nc(C(=O)NS(=O)(=O)c2c(Cl)cccc2SC(C)C)cn1-c1cc(F)cc(F)c1. The molecule has 0 aliphatic heterocycles. The minimum absolute atomic E-state index is 0.0251. The Balaban J connectivity index is 1.94. The van der Waals surface area contributed by atoms with Gasteiger partial charge in [0.15, 0.2) is 0 Å². The molecule has 0 bridgehead atoms. The number of benzene rings is 2. The third-order valence-corrected chi connectivity index (χ3v) is 7.08. The summed E-state index contributed by atoms with van der Waals surface area (Å²) in [5, 5.41) is 0.0519. The van der Waals surface area contributed by atoms with E-state index in [-0.39, 0.29) is 32.4 Å². The number of amides is 1. The second-order valence-electron chi connectivity index (χ2n) is 6.84. The highest BCUT2D eigenvalue weighted by atomic mass is 35.5. The van der Waals surface area contributed by atoms with Crippen molar-refractivity contribution in [2.24, 2.45) is 0 Å². The molecule has 0 aliphatic rings. The van der Waals surface area contributed by atoms with Gasteiger partial charge in [-0.2, -0.15) is 0 Å². The molecule has 1 N–H and O–H groups in total. The van der Waals surface area contributed by atoms with Gasteiger partial charge in [-0.1, -0.05) is 31.5 Å². The lowest BCUT2D eigenvalue weighted by molar-refractivity contribution is 0.0977. The molecule has 0 unspecified atom stereocenters. The first-order valence-electron chi connectivity index (χ1n) is 9.02. The average molecular weight is 486 g/mol. The fourth-order valence-electron chi connectivity index (χ4n) is 2.84. The van der Waals surface area contributed by atoms with E-state index in [2.05, 4.69) is 4.98 Å². The molecule has 0 saturated heterocycles. The first-order valence-corrected chi connectivity index (χ1v) is 11.8. The predicted octanol–water partition coefficient (Wildman–Crippen LogP) is 4.73. The summed E-state index contributed by atoms with van der Waals surface area (Å²) >= 11 is 7.42. The van der Waals surface area contributed by atoms with Crippen LogP contribution < -0.4 is 4.72 Å². The van der Waals surface area contributed by atoms with Gasteiger partial charge in [-0.15, -0.1) is 11.8 Å². The van der Waals surface area contributed by atoms with Crippen LogP contribution in [0.5, 0.6) is 0 Å². The van der Waals surface area contributed by atoms with Crippen LogP contribution in [-0.4, -0.2) is 29.1 Å². The third-order valence-electron chi connectivity index (χ3n) is 4.03. The number of halogens is 3. The number of imidazole rings is 1. The first-order chi connectivity index (χ1) is 14.5. The Bertz CT molecular complexity index is 1240. The second kappa shape index (κ2) is 8.97. The van der Waals surface area contributed by atoms with Gasteiger partial charge in [0.1, 0.15) is 28.0 Å². The number of hydrogen-bond acceptors (Lipinski definition) is 5. The van der Waals surface area contributed by atoms with Crippen LogP contribution in [-0.2, 0) is 10.0 Å². The van der Waals surface area contributed by atoms with Gasteiger partial charge in [-0.05, 0) is 31.2 Å². The Kier molecular flexibility index (Phi) is 6.73. The summed E-state index contributed by atoms with van der Waals surface area (Å²) in [7, 11) is -4.32. The maximum atomic E-state index is 13.5. The van der Waals surface area contributed by atoms with Crippen molar-refractivity contribution in [2.75, 3.05) is 0 Å². The van der Waals surface area contributed by atoms with Gasteiger partial charge in [0, 0.05) is 22.4 Å². The second-order valence-corrected chi connectivity index (χ2v) is 10.5. The van der Waals surface area contributed by atoms with Crippen molar-refractivity contribution in [3.8, 4) is 5.69 Å². The lowest BCUT2D eigenvalue weighted by Crippen LogP contribution is -2.31. The van der Waals surface area contributed by atoms with Crippen molar-refractivity contribution in [1.29, 1.82) is 0 Å². The summed E-state index contributed by atoms with van der Waals surface area (Å²) < 4.78 is 56.2. The molecule has 0 atom stereocenters. The van der Waals surface area contributed by atoms with Crippen LogP contribution in [0.1, 0.15) is 30.2 Å². The average Bonchev–Trinajstić information content (AvgIpc) is 3.02. The molecule has 3 rings (SSSR count). The van der Waals surface area contributed by atoms with Crippen molar-refractivity contribution in [3.05, 3.63) is 70.8 Å². The van der Waals surface area contributed by atoms with E-state index in [1.165, 1.54) is 35.5 Å². The smallest absolute Gasteiger partial charge is 0.285 e. The van der Waals surface area contributed by atoms with Gasteiger partial charge in [0.05, 0.1) is 10.7 Å². The number of nitrogens with zero attached hydrogens (tertiary/aromatic N) is 2. The van der Waals surface area contributed by atoms with E-state index in [4.69, 9.17) is 11.6 Å². The van der Waals surface area contributed by atoms with Gasteiger partial charge in [0.2, 0.25) is 0 Å². The Morgan fingerprint density at radius 3 is 2.45 bits per heavy atom. The number of aromatic nitrogens is 2. The van der Waals surface area contributed by atoms with E-state index in [0.717, 1.165) is 12.1 Å². The van der Waals surface area contributed by atoms with Crippen molar-refractivity contribution < 1.29 is 22.0 Å². The van der Waals surface area contributed by atoms with Crippen LogP contribution in [0.3, 0.4) is 0 Å². The molecule has 0 aliphatic carbocycles. The Morgan fingerprint density at radius 2 is 1.84 bits per heavy atom. The fourth-order valence-corrected chi connectivity index (χ4v) is 5.84.